The quantitative estimate of drug-likeness (QED) is 0.467. The lowest BCUT2D eigenvalue weighted by atomic mass is 9.87. The molecule has 2 aromatic rings. The fourth-order valence-electron chi connectivity index (χ4n) is 5.17. The number of fused-ring (bicyclic) bond motifs is 1. The Morgan fingerprint density at radius 3 is 2.56 bits per heavy atom. The normalized spacial score (nSPS) is 22.7. The minimum atomic E-state index is -0.582. The summed E-state index contributed by atoms with van der Waals surface area (Å²) in [6, 6.07) is 0.151. The maximum absolute atomic E-state index is 15.6. The molecular weight excluding hydrogens is 457 g/mol. The fourth-order valence-corrected chi connectivity index (χ4v) is 5.35. The first kappa shape index (κ1) is 23.4. The Hall–Kier alpha value is -2.30. The van der Waals surface area contributed by atoms with Gasteiger partial charge < -0.3 is 19.3 Å². The molecule has 3 aliphatic rings. The van der Waals surface area contributed by atoms with Crippen molar-refractivity contribution in [3.05, 3.63) is 27.9 Å². The van der Waals surface area contributed by atoms with Crippen LogP contribution in [0, 0.1) is 23.6 Å². The zero-order valence-corrected chi connectivity index (χ0v) is 20.9. The number of carbonyl (C=O) groups is 1. The number of ether oxygens (including phenoxy) is 1. The van der Waals surface area contributed by atoms with Crippen molar-refractivity contribution in [2.24, 2.45) is 5.92 Å². The van der Waals surface area contributed by atoms with Gasteiger partial charge >= 0.3 is 6.09 Å². The Morgan fingerprint density at radius 2 is 1.97 bits per heavy atom. The summed E-state index contributed by atoms with van der Waals surface area (Å²) in [7, 11) is 0. The van der Waals surface area contributed by atoms with Crippen molar-refractivity contribution in [2.75, 3.05) is 19.7 Å². The van der Waals surface area contributed by atoms with Gasteiger partial charge in [-0.15, -0.1) is 0 Å². The van der Waals surface area contributed by atoms with E-state index in [9.17, 15) is 9.90 Å². The number of likely N-dealkylation sites (tertiary alicyclic amines) is 1. The van der Waals surface area contributed by atoms with Crippen LogP contribution < -0.4 is 0 Å². The standard InChI is InChI=1S/C26H31ClFN3O3/c1-14-12-30(25(33)34-26(2,3)4)13-17(14)19-18(6-5-11-32)31(16-9-10-16)23-20(19)22(15-7-8-15)29-24(27)21(23)28/h14-17,32H,7-13H2,1-4H3/t14-,17+/m0/s1. The van der Waals surface area contributed by atoms with E-state index in [0.29, 0.717) is 18.6 Å². The Kier molecular flexibility index (Phi) is 5.81. The van der Waals surface area contributed by atoms with Gasteiger partial charge in [0, 0.05) is 41.9 Å². The molecule has 0 spiro atoms. The molecular formula is C26H31ClFN3O3. The molecule has 2 aliphatic carbocycles. The third-order valence-corrected chi connectivity index (χ3v) is 7.15. The number of amides is 1. The summed E-state index contributed by atoms with van der Waals surface area (Å²) in [5.74, 6) is 5.74. The molecule has 1 N–H and O–H groups in total. The summed E-state index contributed by atoms with van der Waals surface area (Å²) in [4.78, 5) is 19.1. The molecule has 2 atom stereocenters. The van der Waals surface area contributed by atoms with E-state index < -0.39 is 11.4 Å². The molecule has 34 heavy (non-hydrogen) atoms. The second kappa shape index (κ2) is 8.42. The zero-order valence-electron chi connectivity index (χ0n) is 20.1. The van der Waals surface area contributed by atoms with Crippen LogP contribution in [0.25, 0.3) is 10.9 Å². The minimum absolute atomic E-state index is 0.0575. The molecule has 1 amide bonds. The monoisotopic (exact) mass is 487 g/mol. The largest absolute Gasteiger partial charge is 0.444 e. The van der Waals surface area contributed by atoms with Crippen molar-refractivity contribution < 1.29 is 19.0 Å². The van der Waals surface area contributed by atoms with Gasteiger partial charge in [0.15, 0.2) is 11.0 Å². The maximum Gasteiger partial charge on any atom is 0.410 e. The molecule has 0 radical (unpaired) electrons. The van der Waals surface area contributed by atoms with Crippen molar-refractivity contribution in [3.63, 3.8) is 0 Å². The topological polar surface area (TPSA) is 67.6 Å². The minimum Gasteiger partial charge on any atom is -0.444 e. The first-order valence-electron chi connectivity index (χ1n) is 12.1. The third kappa shape index (κ3) is 4.16. The number of rotatable bonds is 3. The average Bonchev–Trinajstić information content (AvgIpc) is 3.68. The van der Waals surface area contributed by atoms with Gasteiger partial charge in [-0.25, -0.2) is 14.2 Å². The van der Waals surface area contributed by atoms with Crippen molar-refractivity contribution >= 4 is 28.6 Å². The number of aliphatic hydroxyl groups is 1. The van der Waals surface area contributed by atoms with Crippen LogP contribution in [0.4, 0.5) is 9.18 Å². The number of aromatic nitrogens is 2. The molecule has 0 unspecified atom stereocenters. The number of aliphatic hydroxyl groups excluding tert-OH is 1. The second-order valence-corrected chi connectivity index (χ2v) is 11.3. The van der Waals surface area contributed by atoms with E-state index in [-0.39, 0.29) is 41.6 Å². The van der Waals surface area contributed by atoms with Crippen molar-refractivity contribution in [1.82, 2.24) is 14.5 Å². The van der Waals surface area contributed by atoms with E-state index in [0.717, 1.165) is 48.0 Å². The van der Waals surface area contributed by atoms with Gasteiger partial charge in [0.2, 0.25) is 0 Å². The molecule has 2 saturated carbocycles. The summed E-state index contributed by atoms with van der Waals surface area (Å²) in [5.41, 5.74) is 2.39. The molecule has 6 nitrogen and oxygen atoms in total. The summed E-state index contributed by atoms with van der Waals surface area (Å²) in [6.07, 6.45) is 3.55. The Bertz CT molecular complexity index is 1210. The molecule has 2 aromatic heterocycles. The van der Waals surface area contributed by atoms with E-state index in [1.165, 1.54) is 0 Å². The van der Waals surface area contributed by atoms with Crippen LogP contribution in [0.15, 0.2) is 0 Å². The van der Waals surface area contributed by atoms with Gasteiger partial charge in [0.05, 0.1) is 16.9 Å². The summed E-state index contributed by atoms with van der Waals surface area (Å²) < 4.78 is 23.2. The summed E-state index contributed by atoms with van der Waals surface area (Å²) >= 11 is 6.30. The number of hydrogen-bond donors (Lipinski definition) is 1. The molecule has 8 heteroatoms. The van der Waals surface area contributed by atoms with Crippen LogP contribution in [-0.4, -0.2) is 50.9 Å². The predicted octanol–water partition coefficient (Wildman–Crippen LogP) is 5.36. The van der Waals surface area contributed by atoms with Gasteiger partial charge in [0.1, 0.15) is 12.2 Å². The first-order valence-corrected chi connectivity index (χ1v) is 12.5. The lowest BCUT2D eigenvalue weighted by Gasteiger charge is -2.24. The van der Waals surface area contributed by atoms with Gasteiger partial charge in [-0.1, -0.05) is 24.4 Å². The zero-order chi connectivity index (χ0) is 24.4. The van der Waals surface area contributed by atoms with Gasteiger partial charge in [-0.2, -0.15) is 0 Å². The maximum atomic E-state index is 15.6. The van der Waals surface area contributed by atoms with Crippen LogP contribution in [0.5, 0.6) is 0 Å². The second-order valence-electron chi connectivity index (χ2n) is 10.9. The number of hydrogen-bond acceptors (Lipinski definition) is 4. The van der Waals surface area contributed by atoms with Crippen LogP contribution in [0.3, 0.4) is 0 Å². The highest BCUT2D eigenvalue weighted by molar-refractivity contribution is 6.30. The van der Waals surface area contributed by atoms with Crippen molar-refractivity contribution in [1.29, 1.82) is 0 Å². The number of halogens is 2. The fraction of sp³-hybridized carbons (Fsp3) is 0.615. The van der Waals surface area contributed by atoms with E-state index in [1.54, 1.807) is 4.90 Å². The highest BCUT2D eigenvalue weighted by Gasteiger charge is 2.43. The molecule has 0 aromatic carbocycles. The summed E-state index contributed by atoms with van der Waals surface area (Å²) in [5, 5.41) is 10.2. The lowest BCUT2D eigenvalue weighted by molar-refractivity contribution is 0.0287. The summed E-state index contributed by atoms with van der Waals surface area (Å²) in [6.45, 7) is 8.39. The van der Waals surface area contributed by atoms with E-state index >= 15 is 4.39 Å². The predicted molar refractivity (Wildman–Crippen MR) is 129 cm³/mol. The molecule has 1 saturated heterocycles. The Balaban J connectivity index is 1.70. The van der Waals surface area contributed by atoms with Crippen LogP contribution in [-0.2, 0) is 4.74 Å². The molecule has 3 heterocycles. The average molecular weight is 488 g/mol. The number of carbonyl (C=O) groups excluding carboxylic acids is 1. The molecule has 0 bridgehead atoms. The van der Waals surface area contributed by atoms with E-state index in [1.807, 2.05) is 25.3 Å². The van der Waals surface area contributed by atoms with Crippen LogP contribution in [0.1, 0.15) is 88.2 Å². The number of nitrogens with zero attached hydrogens (tertiary/aromatic N) is 3. The smallest absolute Gasteiger partial charge is 0.410 e. The number of pyridine rings is 1. The molecule has 1 aliphatic heterocycles. The molecule has 3 fully saturated rings. The Morgan fingerprint density at radius 1 is 1.26 bits per heavy atom. The molecule has 182 valence electrons. The van der Waals surface area contributed by atoms with Gasteiger partial charge in [0.25, 0.3) is 0 Å². The highest BCUT2D eigenvalue weighted by atomic mass is 35.5. The first-order chi connectivity index (χ1) is 16.1. The highest BCUT2D eigenvalue weighted by Crippen LogP contribution is 2.51. The van der Waals surface area contributed by atoms with Crippen molar-refractivity contribution in [3.8, 4) is 11.8 Å². The third-order valence-electron chi connectivity index (χ3n) is 6.90. The lowest BCUT2D eigenvalue weighted by Crippen LogP contribution is -2.35. The van der Waals surface area contributed by atoms with Gasteiger partial charge in [-0.05, 0) is 58.3 Å². The van der Waals surface area contributed by atoms with Gasteiger partial charge in [-0.3, -0.25) is 0 Å². The SMILES string of the molecule is C[C@H]1CN(C(=O)OC(C)(C)C)C[C@H]1c1c(C#CCO)n(C2CC2)c2c(F)c(Cl)nc(C3CC3)c12. The van der Waals surface area contributed by atoms with Crippen LogP contribution in [0.2, 0.25) is 5.15 Å². The van der Waals surface area contributed by atoms with Crippen molar-refractivity contribution in [2.45, 2.75) is 76.9 Å². The van der Waals surface area contributed by atoms with Crippen LogP contribution >= 0.6 is 11.6 Å². The van der Waals surface area contributed by atoms with E-state index in [2.05, 4.69) is 23.7 Å². The molecule has 5 rings (SSSR count). The van der Waals surface area contributed by atoms with E-state index in [4.69, 9.17) is 16.3 Å². The Labute approximate surface area is 204 Å².